The molecule has 0 amide bonds. The Morgan fingerprint density at radius 3 is 2.47 bits per heavy atom. The maximum Gasteiger partial charge on any atom is 0.0590 e. The highest BCUT2D eigenvalue weighted by molar-refractivity contribution is 4.58. The van der Waals surface area contributed by atoms with Crippen molar-refractivity contribution in [3.63, 3.8) is 0 Å². The van der Waals surface area contributed by atoms with Crippen molar-refractivity contribution in [3.8, 4) is 0 Å². The summed E-state index contributed by atoms with van der Waals surface area (Å²) in [7, 11) is 3.89. The Morgan fingerprint density at radius 1 is 1.06 bits per heavy atom. The molecule has 0 unspecified atom stereocenters. The molecule has 0 fully saturated rings. The first-order chi connectivity index (χ1) is 8.18. The number of hydrogen-bond acceptors (Lipinski definition) is 4. The van der Waals surface area contributed by atoms with Gasteiger partial charge in [-0.25, -0.2) is 0 Å². The number of ether oxygens (including phenoxy) is 2. The van der Waals surface area contributed by atoms with Crippen molar-refractivity contribution in [2.75, 3.05) is 53.6 Å². The summed E-state index contributed by atoms with van der Waals surface area (Å²) >= 11 is 0. The number of methoxy groups -OCH3 is 1. The van der Waals surface area contributed by atoms with Crippen LogP contribution in [0.3, 0.4) is 0 Å². The van der Waals surface area contributed by atoms with Crippen molar-refractivity contribution >= 4 is 0 Å². The lowest BCUT2D eigenvalue weighted by Gasteiger charge is -2.20. The molecule has 0 aliphatic heterocycles. The maximum absolute atomic E-state index is 5.45. The van der Waals surface area contributed by atoms with Gasteiger partial charge in [-0.1, -0.05) is 0 Å². The smallest absolute Gasteiger partial charge is 0.0590 e. The molecule has 1 N–H and O–H groups in total. The van der Waals surface area contributed by atoms with E-state index in [-0.39, 0.29) is 0 Å². The monoisotopic (exact) mass is 246 g/mol. The van der Waals surface area contributed by atoms with Crippen LogP contribution in [0.1, 0.15) is 26.7 Å². The Hall–Kier alpha value is -0.160. The Balaban J connectivity index is 3.03. The molecule has 0 spiro atoms. The van der Waals surface area contributed by atoms with Gasteiger partial charge in [0.25, 0.3) is 0 Å². The summed E-state index contributed by atoms with van der Waals surface area (Å²) in [5, 5.41) is 3.39. The van der Waals surface area contributed by atoms with Crippen molar-refractivity contribution in [3.05, 3.63) is 0 Å². The number of hydrogen-bond donors (Lipinski definition) is 1. The third-order valence-electron chi connectivity index (χ3n) is 2.81. The molecule has 0 bridgehead atoms. The molecular weight excluding hydrogens is 216 g/mol. The van der Waals surface area contributed by atoms with E-state index in [0.717, 1.165) is 45.9 Å². The molecule has 0 aromatic carbocycles. The average Bonchev–Trinajstić information content (AvgIpc) is 2.31. The van der Waals surface area contributed by atoms with Crippen molar-refractivity contribution < 1.29 is 9.47 Å². The fraction of sp³-hybridized carbons (Fsp3) is 1.00. The highest BCUT2D eigenvalue weighted by atomic mass is 16.5. The predicted octanol–water partition coefficient (Wildman–Crippen LogP) is 1.36. The molecule has 0 rings (SSSR count). The second kappa shape index (κ2) is 12.3. The lowest BCUT2D eigenvalue weighted by Crippen LogP contribution is -2.30. The Bertz CT molecular complexity index is 154. The molecule has 0 aromatic rings. The Labute approximate surface area is 107 Å². The van der Waals surface area contributed by atoms with Crippen LogP contribution in [0.2, 0.25) is 0 Å². The maximum atomic E-state index is 5.45. The van der Waals surface area contributed by atoms with Gasteiger partial charge in [-0.2, -0.15) is 0 Å². The standard InChI is InChI=1S/C13H30N2O2/c1-13(2)15(3)9-5-7-14-8-12-17-11-6-10-16-4/h13-14H,5-12H2,1-4H3. The summed E-state index contributed by atoms with van der Waals surface area (Å²) < 4.78 is 10.4. The van der Waals surface area contributed by atoms with Crippen LogP contribution in [0.15, 0.2) is 0 Å². The van der Waals surface area contributed by atoms with Gasteiger partial charge in [0.2, 0.25) is 0 Å². The molecular formula is C13H30N2O2. The van der Waals surface area contributed by atoms with Crippen LogP contribution in [0, 0.1) is 0 Å². The fourth-order valence-corrected chi connectivity index (χ4v) is 1.39. The number of nitrogens with one attached hydrogen (secondary N) is 1. The largest absolute Gasteiger partial charge is 0.385 e. The zero-order valence-corrected chi connectivity index (χ0v) is 12.0. The highest BCUT2D eigenvalue weighted by Crippen LogP contribution is 1.93. The first-order valence-corrected chi connectivity index (χ1v) is 6.66. The molecule has 0 aliphatic carbocycles. The topological polar surface area (TPSA) is 33.7 Å². The first kappa shape index (κ1) is 16.8. The minimum Gasteiger partial charge on any atom is -0.385 e. The summed E-state index contributed by atoms with van der Waals surface area (Å²) in [6.07, 6.45) is 2.17. The number of nitrogens with zero attached hydrogens (tertiary/aromatic N) is 1. The van der Waals surface area contributed by atoms with Crippen LogP contribution in [0.4, 0.5) is 0 Å². The van der Waals surface area contributed by atoms with Gasteiger partial charge in [0.15, 0.2) is 0 Å². The van der Waals surface area contributed by atoms with Crippen LogP contribution >= 0.6 is 0 Å². The Kier molecular flexibility index (Phi) is 12.2. The SMILES string of the molecule is COCCCOCCNCCCN(C)C(C)C. The minimum absolute atomic E-state index is 0.638. The summed E-state index contributed by atoms with van der Waals surface area (Å²) in [6.45, 7) is 9.99. The van der Waals surface area contributed by atoms with E-state index in [2.05, 4.69) is 31.1 Å². The van der Waals surface area contributed by atoms with Gasteiger partial charge in [-0.15, -0.1) is 0 Å². The Morgan fingerprint density at radius 2 is 1.82 bits per heavy atom. The molecule has 17 heavy (non-hydrogen) atoms. The molecule has 0 atom stereocenters. The van der Waals surface area contributed by atoms with Gasteiger partial charge >= 0.3 is 0 Å². The summed E-state index contributed by atoms with van der Waals surface area (Å²) in [5.41, 5.74) is 0. The van der Waals surface area contributed by atoms with E-state index in [9.17, 15) is 0 Å². The number of rotatable bonds is 12. The molecule has 0 saturated carbocycles. The molecule has 0 aromatic heterocycles. The summed E-state index contributed by atoms with van der Waals surface area (Å²) in [5.74, 6) is 0. The van der Waals surface area contributed by atoms with Gasteiger partial charge in [-0.3, -0.25) is 0 Å². The van der Waals surface area contributed by atoms with E-state index < -0.39 is 0 Å². The van der Waals surface area contributed by atoms with Crippen LogP contribution in [-0.4, -0.2) is 64.6 Å². The normalized spacial score (nSPS) is 11.6. The van der Waals surface area contributed by atoms with Crippen molar-refractivity contribution in [2.45, 2.75) is 32.7 Å². The van der Waals surface area contributed by atoms with E-state index >= 15 is 0 Å². The van der Waals surface area contributed by atoms with Crippen molar-refractivity contribution in [1.29, 1.82) is 0 Å². The van der Waals surface area contributed by atoms with Crippen LogP contribution in [0.5, 0.6) is 0 Å². The molecule has 104 valence electrons. The predicted molar refractivity (Wildman–Crippen MR) is 72.6 cm³/mol. The van der Waals surface area contributed by atoms with Gasteiger partial charge in [-0.05, 0) is 46.8 Å². The molecule has 4 nitrogen and oxygen atoms in total. The summed E-state index contributed by atoms with van der Waals surface area (Å²) in [6, 6.07) is 0.638. The molecule has 4 heteroatoms. The quantitative estimate of drug-likeness (QED) is 0.527. The highest BCUT2D eigenvalue weighted by Gasteiger charge is 2.01. The van der Waals surface area contributed by atoms with Gasteiger partial charge < -0.3 is 19.7 Å². The molecule has 0 aliphatic rings. The molecule has 0 saturated heterocycles. The van der Waals surface area contributed by atoms with E-state index in [1.54, 1.807) is 7.11 Å². The van der Waals surface area contributed by atoms with Gasteiger partial charge in [0.1, 0.15) is 0 Å². The van der Waals surface area contributed by atoms with Crippen LogP contribution < -0.4 is 5.32 Å². The third kappa shape index (κ3) is 12.1. The average molecular weight is 246 g/mol. The second-order valence-electron chi connectivity index (χ2n) is 4.64. The van der Waals surface area contributed by atoms with E-state index in [1.807, 2.05) is 0 Å². The van der Waals surface area contributed by atoms with Crippen molar-refractivity contribution in [1.82, 2.24) is 10.2 Å². The third-order valence-corrected chi connectivity index (χ3v) is 2.81. The first-order valence-electron chi connectivity index (χ1n) is 6.66. The minimum atomic E-state index is 0.638. The summed E-state index contributed by atoms with van der Waals surface area (Å²) in [4.78, 5) is 2.36. The van der Waals surface area contributed by atoms with Crippen LogP contribution in [0.25, 0.3) is 0 Å². The fourth-order valence-electron chi connectivity index (χ4n) is 1.39. The van der Waals surface area contributed by atoms with Gasteiger partial charge in [0, 0.05) is 32.9 Å². The van der Waals surface area contributed by atoms with Gasteiger partial charge in [0.05, 0.1) is 6.61 Å². The lowest BCUT2D eigenvalue weighted by molar-refractivity contribution is 0.104. The van der Waals surface area contributed by atoms with Crippen molar-refractivity contribution in [2.24, 2.45) is 0 Å². The van der Waals surface area contributed by atoms with E-state index in [1.165, 1.54) is 6.42 Å². The lowest BCUT2D eigenvalue weighted by atomic mass is 10.3. The van der Waals surface area contributed by atoms with E-state index in [4.69, 9.17) is 9.47 Å². The van der Waals surface area contributed by atoms with E-state index in [0.29, 0.717) is 6.04 Å². The molecule has 0 radical (unpaired) electrons. The zero-order chi connectivity index (χ0) is 12.9. The second-order valence-corrected chi connectivity index (χ2v) is 4.64. The van der Waals surface area contributed by atoms with Crippen LogP contribution in [-0.2, 0) is 9.47 Å². The molecule has 0 heterocycles. The zero-order valence-electron chi connectivity index (χ0n) is 12.0.